The maximum Gasteiger partial charge on any atom is 0.243 e. The molecular weight excluding hydrogens is 431 g/mol. The van der Waals surface area contributed by atoms with E-state index in [-0.39, 0.29) is 24.6 Å². The maximum absolute atomic E-state index is 13.2. The Kier molecular flexibility index (Phi) is 5.64. The monoisotopic (exact) mass is 448 g/mol. The summed E-state index contributed by atoms with van der Waals surface area (Å²) < 4.78 is 52.1. The number of aromatic nitrogens is 1. The van der Waals surface area contributed by atoms with Crippen LogP contribution in [0.4, 0.5) is 4.39 Å². The van der Waals surface area contributed by atoms with E-state index < -0.39 is 15.8 Å². The highest BCUT2D eigenvalue weighted by molar-refractivity contribution is 7.89. The molecule has 156 valence electrons. The smallest absolute Gasteiger partial charge is 0.243 e. The van der Waals surface area contributed by atoms with E-state index in [0.717, 1.165) is 17.7 Å². The molecule has 0 radical (unpaired) electrons. The van der Waals surface area contributed by atoms with Gasteiger partial charge in [0.25, 0.3) is 0 Å². The highest BCUT2D eigenvalue weighted by atomic mass is 35.5. The zero-order chi connectivity index (χ0) is 21.3. The van der Waals surface area contributed by atoms with Crippen molar-refractivity contribution >= 4 is 21.6 Å². The Labute approximate surface area is 178 Å². The van der Waals surface area contributed by atoms with Gasteiger partial charge in [0, 0.05) is 30.4 Å². The molecule has 0 N–H and O–H groups in total. The average molecular weight is 449 g/mol. The number of halogens is 2. The van der Waals surface area contributed by atoms with Crippen molar-refractivity contribution in [1.29, 1.82) is 0 Å². The Morgan fingerprint density at radius 2 is 1.93 bits per heavy atom. The van der Waals surface area contributed by atoms with Crippen molar-refractivity contribution in [2.24, 2.45) is 0 Å². The summed E-state index contributed by atoms with van der Waals surface area (Å²) in [6, 6.07) is 11.9. The zero-order valence-electron chi connectivity index (χ0n) is 16.0. The number of methoxy groups -OCH3 is 1. The molecule has 2 aromatic carbocycles. The van der Waals surface area contributed by atoms with E-state index in [1.54, 1.807) is 18.2 Å². The number of hydrogen-bond donors (Lipinski definition) is 0. The fourth-order valence-electron chi connectivity index (χ4n) is 3.27. The van der Waals surface area contributed by atoms with Gasteiger partial charge < -0.3 is 9.47 Å². The van der Waals surface area contributed by atoms with Crippen LogP contribution in [0.15, 0.2) is 59.6 Å². The molecule has 30 heavy (non-hydrogen) atoms. The highest BCUT2D eigenvalue weighted by Gasteiger charge is 2.29. The van der Waals surface area contributed by atoms with Gasteiger partial charge in [-0.25, -0.2) is 12.8 Å². The summed E-state index contributed by atoms with van der Waals surface area (Å²) in [7, 11) is -2.31. The highest BCUT2D eigenvalue weighted by Crippen LogP contribution is 2.38. The summed E-state index contributed by atoms with van der Waals surface area (Å²) in [5.74, 6) is 0.482. The molecule has 0 spiro atoms. The van der Waals surface area contributed by atoms with E-state index >= 15 is 0 Å². The molecule has 1 aliphatic heterocycles. The largest absolute Gasteiger partial charge is 0.493 e. The van der Waals surface area contributed by atoms with Crippen LogP contribution in [0.5, 0.6) is 11.5 Å². The molecule has 0 bridgehead atoms. The summed E-state index contributed by atoms with van der Waals surface area (Å²) in [6.45, 7) is 0.376. The molecule has 0 atom stereocenters. The van der Waals surface area contributed by atoms with Gasteiger partial charge in [0.15, 0.2) is 11.5 Å². The number of hydrogen-bond acceptors (Lipinski definition) is 5. The Morgan fingerprint density at radius 1 is 1.17 bits per heavy atom. The van der Waals surface area contributed by atoms with E-state index in [9.17, 15) is 12.8 Å². The number of sulfonamides is 1. The average Bonchev–Trinajstić information content (AvgIpc) is 2.97. The first-order chi connectivity index (χ1) is 14.4. The minimum Gasteiger partial charge on any atom is -0.493 e. The third-order valence-electron chi connectivity index (χ3n) is 4.76. The number of rotatable bonds is 4. The molecule has 0 saturated carbocycles. The lowest BCUT2D eigenvalue weighted by molar-refractivity contribution is 0.279. The van der Waals surface area contributed by atoms with Crippen molar-refractivity contribution in [2.45, 2.75) is 11.4 Å². The summed E-state index contributed by atoms with van der Waals surface area (Å²) in [5.41, 5.74) is 2.05. The van der Waals surface area contributed by atoms with E-state index in [2.05, 4.69) is 4.98 Å². The van der Waals surface area contributed by atoms with Gasteiger partial charge in [-0.2, -0.15) is 4.31 Å². The molecule has 4 rings (SSSR count). The van der Waals surface area contributed by atoms with Crippen molar-refractivity contribution in [1.82, 2.24) is 9.29 Å². The third kappa shape index (κ3) is 3.98. The summed E-state index contributed by atoms with van der Waals surface area (Å²) in [6.07, 6.45) is 1.54. The molecule has 1 aliphatic rings. The molecule has 2 heterocycles. The van der Waals surface area contributed by atoms with Crippen LogP contribution in [0.1, 0.15) is 5.56 Å². The quantitative estimate of drug-likeness (QED) is 0.600. The van der Waals surface area contributed by atoms with Gasteiger partial charge in [-0.3, -0.25) is 4.98 Å². The summed E-state index contributed by atoms with van der Waals surface area (Å²) in [5, 5.41) is 0.514. The van der Waals surface area contributed by atoms with Crippen LogP contribution < -0.4 is 9.47 Å². The van der Waals surface area contributed by atoms with Gasteiger partial charge in [0.05, 0.1) is 22.7 Å². The SMILES string of the molecule is COc1cc(-c2ccc(Cl)cn2)cc2c1OCCN(S(=O)(=O)c1ccc(F)cc1)C2. The van der Waals surface area contributed by atoms with Crippen molar-refractivity contribution in [3.63, 3.8) is 0 Å². The molecule has 0 fully saturated rings. The second-order valence-corrected chi connectivity index (χ2v) is 9.04. The lowest BCUT2D eigenvalue weighted by Crippen LogP contribution is -2.32. The third-order valence-corrected chi connectivity index (χ3v) is 6.84. The van der Waals surface area contributed by atoms with Gasteiger partial charge >= 0.3 is 0 Å². The minimum absolute atomic E-state index is 0.0230. The lowest BCUT2D eigenvalue weighted by atomic mass is 10.1. The molecular formula is C21H18ClFN2O4S. The minimum atomic E-state index is -3.83. The van der Waals surface area contributed by atoms with Crippen LogP contribution >= 0.6 is 11.6 Å². The lowest BCUT2D eigenvalue weighted by Gasteiger charge is -2.20. The van der Waals surface area contributed by atoms with Crippen molar-refractivity contribution in [3.05, 3.63) is 71.1 Å². The Hall–Kier alpha value is -2.68. The Bertz CT molecular complexity index is 1170. The molecule has 0 saturated heterocycles. The predicted octanol–water partition coefficient (Wildman–Crippen LogP) is 4.13. The predicted molar refractivity (Wildman–Crippen MR) is 111 cm³/mol. The van der Waals surface area contributed by atoms with E-state index in [4.69, 9.17) is 21.1 Å². The van der Waals surface area contributed by atoms with Gasteiger partial charge in [0.2, 0.25) is 10.0 Å². The van der Waals surface area contributed by atoms with Crippen LogP contribution in [0.3, 0.4) is 0 Å². The molecule has 9 heteroatoms. The first-order valence-corrected chi connectivity index (χ1v) is 10.9. The fourth-order valence-corrected chi connectivity index (χ4v) is 4.78. The van der Waals surface area contributed by atoms with Crippen molar-refractivity contribution in [2.75, 3.05) is 20.3 Å². The normalized spacial score (nSPS) is 14.5. The second-order valence-electron chi connectivity index (χ2n) is 6.67. The van der Waals surface area contributed by atoms with Gasteiger partial charge in [0.1, 0.15) is 12.4 Å². The van der Waals surface area contributed by atoms with Crippen LogP contribution in [0.2, 0.25) is 5.02 Å². The van der Waals surface area contributed by atoms with Crippen LogP contribution in [0, 0.1) is 5.82 Å². The number of benzene rings is 2. The van der Waals surface area contributed by atoms with E-state index in [0.29, 0.717) is 27.8 Å². The Balaban J connectivity index is 1.75. The zero-order valence-corrected chi connectivity index (χ0v) is 17.6. The number of ether oxygens (including phenoxy) is 2. The van der Waals surface area contributed by atoms with Crippen LogP contribution in [0.25, 0.3) is 11.3 Å². The van der Waals surface area contributed by atoms with Gasteiger partial charge in [-0.05, 0) is 48.5 Å². The first kappa shape index (κ1) is 20.6. The molecule has 6 nitrogen and oxygen atoms in total. The Morgan fingerprint density at radius 3 is 2.60 bits per heavy atom. The van der Waals surface area contributed by atoms with E-state index in [1.807, 2.05) is 6.07 Å². The number of nitrogens with zero attached hydrogens (tertiary/aromatic N) is 2. The standard InChI is InChI=1S/C21H18ClFN2O4S/c1-28-20-11-14(19-7-2-16(22)12-24-19)10-15-13-25(8-9-29-21(15)20)30(26,27)18-5-3-17(23)4-6-18/h2-7,10-12H,8-9,13H2,1H3. The molecule has 1 aromatic heterocycles. The van der Waals surface area contributed by atoms with Gasteiger partial charge in [-0.1, -0.05) is 11.6 Å². The van der Waals surface area contributed by atoms with Gasteiger partial charge in [-0.15, -0.1) is 0 Å². The summed E-state index contributed by atoms with van der Waals surface area (Å²) in [4.78, 5) is 4.35. The summed E-state index contributed by atoms with van der Waals surface area (Å²) >= 11 is 5.93. The maximum atomic E-state index is 13.2. The van der Waals surface area contributed by atoms with Crippen molar-refractivity contribution < 1.29 is 22.3 Å². The molecule has 3 aromatic rings. The topological polar surface area (TPSA) is 68.7 Å². The molecule has 0 unspecified atom stereocenters. The number of fused-ring (bicyclic) bond motifs is 1. The van der Waals surface area contributed by atoms with Crippen molar-refractivity contribution in [3.8, 4) is 22.8 Å². The number of pyridine rings is 1. The van der Waals surface area contributed by atoms with Crippen LogP contribution in [-0.2, 0) is 16.6 Å². The van der Waals surface area contributed by atoms with E-state index in [1.165, 1.54) is 29.7 Å². The molecule has 0 amide bonds. The first-order valence-electron chi connectivity index (χ1n) is 9.10. The van der Waals surface area contributed by atoms with Crippen LogP contribution in [-0.4, -0.2) is 38.0 Å². The second kappa shape index (κ2) is 8.22. The fraction of sp³-hybridized carbons (Fsp3) is 0.190. The molecule has 0 aliphatic carbocycles.